The predicted octanol–water partition coefficient (Wildman–Crippen LogP) is 3.08. The summed E-state index contributed by atoms with van der Waals surface area (Å²) < 4.78 is 5.45. The second-order valence-electron chi connectivity index (χ2n) is 2.77. The van der Waals surface area contributed by atoms with Crippen LogP contribution in [0.5, 0.6) is 10.9 Å². The lowest BCUT2D eigenvalue weighted by molar-refractivity contribution is 0.285. The molecule has 1 heterocycles. The van der Waals surface area contributed by atoms with Crippen LogP contribution in [0.15, 0.2) is 30.3 Å². The lowest BCUT2D eigenvalue weighted by Crippen LogP contribution is -1.81. The Labute approximate surface area is 95.9 Å². The number of nitrogens with zero attached hydrogens (tertiary/aromatic N) is 1. The third-order valence-electron chi connectivity index (χ3n) is 1.72. The fourth-order valence-corrected chi connectivity index (χ4v) is 2.03. The van der Waals surface area contributed by atoms with Crippen LogP contribution in [0.4, 0.5) is 0 Å². The van der Waals surface area contributed by atoms with E-state index in [0.29, 0.717) is 21.0 Å². The van der Waals surface area contributed by atoms with Gasteiger partial charge in [-0.1, -0.05) is 41.1 Å². The van der Waals surface area contributed by atoms with Crippen LogP contribution in [0.25, 0.3) is 0 Å². The fourth-order valence-electron chi connectivity index (χ4n) is 1.04. The zero-order chi connectivity index (χ0) is 10.7. The molecule has 0 amide bonds. The number of rotatable bonds is 3. The number of aliphatic hydroxyl groups is 1. The van der Waals surface area contributed by atoms with E-state index in [4.69, 9.17) is 21.4 Å². The summed E-state index contributed by atoms with van der Waals surface area (Å²) in [4.78, 5) is 4.59. The van der Waals surface area contributed by atoms with Gasteiger partial charge in [0.15, 0.2) is 0 Å². The van der Waals surface area contributed by atoms with E-state index in [1.54, 1.807) is 0 Å². The molecule has 5 heteroatoms. The summed E-state index contributed by atoms with van der Waals surface area (Å²) >= 11 is 7.01. The Hall–Kier alpha value is -1.10. The van der Waals surface area contributed by atoms with E-state index in [-0.39, 0.29) is 6.61 Å². The number of benzene rings is 1. The maximum Gasteiger partial charge on any atom is 0.280 e. The molecule has 0 radical (unpaired) electrons. The molecule has 15 heavy (non-hydrogen) atoms. The van der Waals surface area contributed by atoms with Gasteiger partial charge in [-0.15, -0.1) is 0 Å². The van der Waals surface area contributed by atoms with Crippen molar-refractivity contribution < 1.29 is 9.84 Å². The van der Waals surface area contributed by atoms with Crippen molar-refractivity contribution in [3.05, 3.63) is 40.4 Å². The Morgan fingerprint density at radius 2 is 2.07 bits per heavy atom. The molecule has 0 fully saturated rings. The monoisotopic (exact) mass is 241 g/mol. The van der Waals surface area contributed by atoms with Crippen LogP contribution in [0.2, 0.25) is 5.15 Å². The Balaban J connectivity index is 2.18. The van der Waals surface area contributed by atoms with Gasteiger partial charge in [-0.25, -0.2) is 0 Å². The molecule has 0 atom stereocenters. The van der Waals surface area contributed by atoms with Gasteiger partial charge in [0.1, 0.15) is 10.9 Å². The number of hydrogen-bond acceptors (Lipinski definition) is 4. The molecule has 2 aromatic rings. The van der Waals surface area contributed by atoms with E-state index in [0.717, 1.165) is 0 Å². The molecule has 0 unspecified atom stereocenters. The highest BCUT2D eigenvalue weighted by atomic mass is 35.5. The molecular formula is C10H8ClNO2S. The molecule has 0 aliphatic rings. The number of aromatic nitrogens is 1. The zero-order valence-electron chi connectivity index (χ0n) is 7.68. The topological polar surface area (TPSA) is 42.4 Å². The van der Waals surface area contributed by atoms with Gasteiger partial charge < -0.3 is 9.84 Å². The van der Waals surface area contributed by atoms with E-state index in [2.05, 4.69) is 4.98 Å². The summed E-state index contributed by atoms with van der Waals surface area (Å²) in [6, 6.07) is 9.30. The molecule has 0 saturated carbocycles. The highest BCUT2D eigenvalue weighted by molar-refractivity contribution is 7.13. The summed E-state index contributed by atoms with van der Waals surface area (Å²) in [6.45, 7) is -0.116. The van der Waals surface area contributed by atoms with Gasteiger partial charge in [-0.05, 0) is 12.1 Å². The first-order valence-electron chi connectivity index (χ1n) is 4.28. The molecule has 1 aromatic heterocycles. The average Bonchev–Trinajstić information content (AvgIpc) is 2.60. The Bertz CT molecular complexity index is 444. The molecular weight excluding hydrogens is 234 g/mol. The molecule has 0 saturated heterocycles. The van der Waals surface area contributed by atoms with Crippen molar-refractivity contribution >= 4 is 22.9 Å². The second kappa shape index (κ2) is 4.61. The van der Waals surface area contributed by atoms with E-state index >= 15 is 0 Å². The molecule has 1 aromatic carbocycles. The third kappa shape index (κ3) is 2.47. The summed E-state index contributed by atoms with van der Waals surface area (Å²) in [7, 11) is 0. The molecule has 0 aliphatic carbocycles. The third-order valence-corrected chi connectivity index (χ3v) is 3.06. The highest BCUT2D eigenvalue weighted by Crippen LogP contribution is 2.31. The molecule has 0 aliphatic heterocycles. The van der Waals surface area contributed by atoms with Gasteiger partial charge >= 0.3 is 0 Å². The molecule has 78 valence electrons. The van der Waals surface area contributed by atoms with Crippen LogP contribution in [0.1, 0.15) is 4.88 Å². The molecule has 2 rings (SSSR count). The number of para-hydroxylation sites is 1. The van der Waals surface area contributed by atoms with Crippen molar-refractivity contribution in [1.82, 2.24) is 4.98 Å². The van der Waals surface area contributed by atoms with Crippen molar-refractivity contribution in [2.75, 3.05) is 0 Å². The maximum atomic E-state index is 8.93. The number of ether oxygens (including phenoxy) is 1. The quantitative estimate of drug-likeness (QED) is 0.898. The van der Waals surface area contributed by atoms with Crippen molar-refractivity contribution in [2.45, 2.75) is 6.61 Å². The minimum atomic E-state index is -0.116. The molecule has 3 nitrogen and oxygen atoms in total. The van der Waals surface area contributed by atoms with E-state index < -0.39 is 0 Å². The van der Waals surface area contributed by atoms with Crippen molar-refractivity contribution in [3.63, 3.8) is 0 Å². The van der Waals surface area contributed by atoms with Gasteiger partial charge in [0.25, 0.3) is 5.19 Å². The normalized spacial score (nSPS) is 10.3. The number of halogens is 1. The number of aliphatic hydroxyl groups excluding tert-OH is 1. The minimum Gasteiger partial charge on any atom is -0.431 e. The van der Waals surface area contributed by atoms with Gasteiger partial charge in [0, 0.05) is 0 Å². The Morgan fingerprint density at radius 3 is 2.67 bits per heavy atom. The number of thiazole rings is 1. The van der Waals surface area contributed by atoms with E-state index in [1.807, 2.05) is 30.3 Å². The average molecular weight is 242 g/mol. The van der Waals surface area contributed by atoms with E-state index in [1.165, 1.54) is 11.3 Å². The van der Waals surface area contributed by atoms with Gasteiger partial charge in [-0.3, -0.25) is 0 Å². The van der Waals surface area contributed by atoms with Gasteiger partial charge in [0.05, 0.1) is 11.5 Å². The first-order valence-corrected chi connectivity index (χ1v) is 5.48. The maximum absolute atomic E-state index is 8.93. The van der Waals surface area contributed by atoms with Crippen LogP contribution in [0.3, 0.4) is 0 Å². The van der Waals surface area contributed by atoms with Crippen LogP contribution in [-0.2, 0) is 6.61 Å². The van der Waals surface area contributed by atoms with Gasteiger partial charge in [-0.2, -0.15) is 4.98 Å². The minimum absolute atomic E-state index is 0.116. The summed E-state index contributed by atoms with van der Waals surface area (Å²) in [5, 5.41) is 9.67. The predicted molar refractivity (Wildman–Crippen MR) is 59.6 cm³/mol. The number of hydrogen-bond donors (Lipinski definition) is 1. The SMILES string of the molecule is OCc1sc(Oc2ccccc2)nc1Cl. The van der Waals surface area contributed by atoms with Gasteiger partial charge in [0.2, 0.25) is 0 Å². The molecule has 0 spiro atoms. The van der Waals surface area contributed by atoms with Crippen molar-refractivity contribution in [2.24, 2.45) is 0 Å². The smallest absolute Gasteiger partial charge is 0.280 e. The first kappa shape index (κ1) is 10.4. The first-order chi connectivity index (χ1) is 7.29. The summed E-state index contributed by atoms with van der Waals surface area (Å²) in [5.41, 5.74) is 0. The lowest BCUT2D eigenvalue weighted by atomic mass is 10.3. The van der Waals surface area contributed by atoms with Crippen LogP contribution in [0, 0.1) is 0 Å². The van der Waals surface area contributed by atoms with Crippen LogP contribution < -0.4 is 4.74 Å². The molecule has 1 N–H and O–H groups in total. The van der Waals surface area contributed by atoms with Crippen LogP contribution in [-0.4, -0.2) is 10.1 Å². The Kier molecular flexibility index (Phi) is 3.20. The molecule has 0 bridgehead atoms. The fraction of sp³-hybridized carbons (Fsp3) is 0.100. The van der Waals surface area contributed by atoms with E-state index in [9.17, 15) is 0 Å². The standard InChI is InChI=1S/C10H8ClNO2S/c11-9-8(6-13)15-10(12-9)14-7-4-2-1-3-5-7/h1-5,13H,6H2. The lowest BCUT2D eigenvalue weighted by Gasteiger charge is -1.98. The summed E-state index contributed by atoms with van der Waals surface area (Å²) in [5.74, 6) is 0.701. The summed E-state index contributed by atoms with van der Waals surface area (Å²) in [6.07, 6.45) is 0. The van der Waals surface area contributed by atoms with Crippen molar-refractivity contribution in [1.29, 1.82) is 0 Å². The van der Waals surface area contributed by atoms with Crippen molar-refractivity contribution in [3.8, 4) is 10.9 Å². The highest BCUT2D eigenvalue weighted by Gasteiger charge is 2.09. The second-order valence-corrected chi connectivity index (χ2v) is 4.17. The zero-order valence-corrected chi connectivity index (χ0v) is 9.26. The van der Waals surface area contributed by atoms with Crippen LogP contribution >= 0.6 is 22.9 Å². The Morgan fingerprint density at radius 1 is 1.33 bits per heavy atom. The largest absolute Gasteiger partial charge is 0.431 e.